The number of unbranched alkanes of at least 4 members (excludes halogenated alkanes) is 9. The van der Waals surface area contributed by atoms with Crippen LogP contribution in [0.1, 0.15) is 108 Å². The molecule has 0 saturated carbocycles. The molecule has 2 atom stereocenters. The fourth-order valence-corrected chi connectivity index (χ4v) is 5.97. The highest BCUT2D eigenvalue weighted by molar-refractivity contribution is 5.85. The Morgan fingerprint density at radius 3 is 2.05 bits per heavy atom. The second kappa shape index (κ2) is 19.8. The zero-order valence-corrected chi connectivity index (χ0v) is 27.3. The summed E-state index contributed by atoms with van der Waals surface area (Å²) >= 11 is 0. The van der Waals surface area contributed by atoms with Gasteiger partial charge in [-0.3, -0.25) is 4.79 Å². The van der Waals surface area contributed by atoms with Crippen molar-refractivity contribution in [2.75, 3.05) is 19.7 Å². The molecule has 242 valence electrons. The molecular formula is C37H54N2O5. The van der Waals surface area contributed by atoms with E-state index in [0.29, 0.717) is 32.5 Å². The van der Waals surface area contributed by atoms with Crippen LogP contribution in [0.2, 0.25) is 0 Å². The fraction of sp³-hybridized carbons (Fsp3) is 0.595. The first-order chi connectivity index (χ1) is 21.5. The molecular weight excluding hydrogens is 552 g/mol. The standard InChI is InChI=1S/C37H54N2O5/c1-4-7-8-9-10-11-12-13-14-18-25-33(35(40)43-6-3)27-38(5-2)37(42)39-28-32-24-20-19-23-31(32)26-34(39)36(41)44-29-30-21-16-15-17-22-30/h15-17,19-24,33-34H,4-14,18,25-29H2,1-3H3/t33-,34-/m0/s1. The van der Waals surface area contributed by atoms with Crippen LogP contribution < -0.4 is 0 Å². The van der Waals surface area contributed by atoms with E-state index < -0.39 is 17.9 Å². The maximum atomic E-state index is 14.1. The molecule has 0 spiro atoms. The van der Waals surface area contributed by atoms with Crippen LogP contribution in [0, 0.1) is 5.92 Å². The van der Waals surface area contributed by atoms with Crippen molar-refractivity contribution in [3.8, 4) is 0 Å². The fourth-order valence-electron chi connectivity index (χ4n) is 5.97. The highest BCUT2D eigenvalue weighted by Gasteiger charge is 2.38. The van der Waals surface area contributed by atoms with Gasteiger partial charge < -0.3 is 19.3 Å². The zero-order valence-electron chi connectivity index (χ0n) is 27.3. The van der Waals surface area contributed by atoms with Gasteiger partial charge in [-0.2, -0.15) is 0 Å². The number of carbonyl (C=O) groups excluding carboxylic acids is 3. The molecule has 0 fully saturated rings. The molecule has 44 heavy (non-hydrogen) atoms. The predicted octanol–water partition coefficient (Wildman–Crippen LogP) is 8.09. The summed E-state index contributed by atoms with van der Waals surface area (Å²) in [5, 5.41) is 0. The summed E-state index contributed by atoms with van der Waals surface area (Å²) in [4.78, 5) is 43.8. The molecule has 0 N–H and O–H groups in total. The van der Waals surface area contributed by atoms with Gasteiger partial charge in [-0.1, -0.05) is 126 Å². The first kappa shape index (κ1) is 35.1. The number of ether oxygens (including phenoxy) is 2. The number of hydrogen-bond donors (Lipinski definition) is 0. The quantitative estimate of drug-likeness (QED) is 0.119. The molecule has 7 nitrogen and oxygen atoms in total. The Hall–Kier alpha value is -3.35. The van der Waals surface area contributed by atoms with E-state index in [2.05, 4.69) is 6.92 Å². The lowest BCUT2D eigenvalue weighted by Gasteiger charge is -2.39. The van der Waals surface area contributed by atoms with Crippen molar-refractivity contribution >= 4 is 18.0 Å². The monoisotopic (exact) mass is 606 g/mol. The average Bonchev–Trinajstić information content (AvgIpc) is 3.05. The maximum absolute atomic E-state index is 14.1. The first-order valence-corrected chi connectivity index (χ1v) is 17.0. The molecule has 1 heterocycles. The Kier molecular flexibility index (Phi) is 15.8. The van der Waals surface area contributed by atoms with E-state index in [0.717, 1.165) is 29.5 Å². The van der Waals surface area contributed by atoms with Crippen LogP contribution in [0.15, 0.2) is 54.6 Å². The van der Waals surface area contributed by atoms with Crippen molar-refractivity contribution in [1.82, 2.24) is 9.80 Å². The van der Waals surface area contributed by atoms with Crippen LogP contribution >= 0.6 is 0 Å². The highest BCUT2D eigenvalue weighted by Crippen LogP contribution is 2.26. The second-order valence-corrected chi connectivity index (χ2v) is 12.0. The van der Waals surface area contributed by atoms with E-state index in [4.69, 9.17) is 9.47 Å². The summed E-state index contributed by atoms with van der Waals surface area (Å²) in [5.74, 6) is -1.06. The van der Waals surface area contributed by atoms with Crippen LogP contribution in [0.25, 0.3) is 0 Å². The van der Waals surface area contributed by atoms with Gasteiger partial charge in [-0.15, -0.1) is 0 Å². The smallest absolute Gasteiger partial charge is 0.329 e. The Balaban J connectivity index is 1.62. The third-order valence-corrected chi connectivity index (χ3v) is 8.61. The number of hydrogen-bond acceptors (Lipinski definition) is 5. The number of benzene rings is 2. The molecule has 7 heteroatoms. The molecule has 3 rings (SSSR count). The number of carbonyl (C=O) groups is 3. The minimum absolute atomic E-state index is 0.154. The first-order valence-electron chi connectivity index (χ1n) is 17.0. The van der Waals surface area contributed by atoms with E-state index >= 15 is 0 Å². The molecule has 1 aliphatic heterocycles. The predicted molar refractivity (Wildman–Crippen MR) is 175 cm³/mol. The van der Waals surface area contributed by atoms with Crippen molar-refractivity contribution in [2.45, 2.75) is 117 Å². The van der Waals surface area contributed by atoms with Gasteiger partial charge in [0.15, 0.2) is 0 Å². The molecule has 2 aromatic rings. The van der Waals surface area contributed by atoms with Crippen molar-refractivity contribution in [1.29, 1.82) is 0 Å². The molecule has 2 aromatic carbocycles. The van der Waals surface area contributed by atoms with Crippen LogP contribution in [0.3, 0.4) is 0 Å². The lowest BCUT2D eigenvalue weighted by Crippen LogP contribution is -2.54. The number of rotatable bonds is 19. The van der Waals surface area contributed by atoms with Gasteiger partial charge in [0.25, 0.3) is 0 Å². The number of esters is 2. The Morgan fingerprint density at radius 2 is 1.41 bits per heavy atom. The van der Waals surface area contributed by atoms with Crippen molar-refractivity contribution in [3.05, 3.63) is 71.3 Å². The maximum Gasteiger partial charge on any atom is 0.329 e. The van der Waals surface area contributed by atoms with Crippen molar-refractivity contribution < 1.29 is 23.9 Å². The van der Waals surface area contributed by atoms with Gasteiger partial charge in [0.1, 0.15) is 12.6 Å². The van der Waals surface area contributed by atoms with E-state index in [9.17, 15) is 14.4 Å². The Bertz CT molecular complexity index is 1140. The van der Waals surface area contributed by atoms with E-state index in [1.807, 2.05) is 68.4 Å². The summed E-state index contributed by atoms with van der Waals surface area (Å²) in [7, 11) is 0. The van der Waals surface area contributed by atoms with Crippen LogP contribution in [0.4, 0.5) is 4.79 Å². The van der Waals surface area contributed by atoms with Crippen molar-refractivity contribution in [2.24, 2.45) is 5.92 Å². The van der Waals surface area contributed by atoms with E-state index in [-0.39, 0.29) is 25.2 Å². The van der Waals surface area contributed by atoms with Gasteiger partial charge in [0.2, 0.25) is 0 Å². The van der Waals surface area contributed by atoms with Gasteiger partial charge in [0, 0.05) is 26.1 Å². The normalized spacial score (nSPS) is 14.9. The van der Waals surface area contributed by atoms with Crippen molar-refractivity contribution in [3.63, 3.8) is 0 Å². The molecule has 2 amide bonds. The minimum Gasteiger partial charge on any atom is -0.466 e. The molecule has 0 saturated heterocycles. The average molecular weight is 607 g/mol. The summed E-state index contributed by atoms with van der Waals surface area (Å²) in [6.45, 7) is 7.46. The third kappa shape index (κ3) is 11.3. The van der Waals surface area contributed by atoms with Crippen LogP contribution in [-0.2, 0) is 38.6 Å². The SMILES string of the molecule is CCCCCCCCCCCC[C@@H](CN(CC)C(=O)N1Cc2ccccc2C[C@H]1C(=O)OCc1ccccc1)C(=O)OCC. The van der Waals surface area contributed by atoms with E-state index in [1.165, 1.54) is 51.4 Å². The molecule has 0 bridgehead atoms. The van der Waals surface area contributed by atoms with Gasteiger partial charge in [0.05, 0.1) is 12.5 Å². The largest absolute Gasteiger partial charge is 0.466 e. The van der Waals surface area contributed by atoms with Gasteiger partial charge in [-0.25, -0.2) is 9.59 Å². The molecule has 0 radical (unpaired) electrons. The molecule has 0 unspecified atom stereocenters. The summed E-state index contributed by atoms with van der Waals surface area (Å²) in [5.41, 5.74) is 2.97. The topological polar surface area (TPSA) is 76.2 Å². The van der Waals surface area contributed by atoms with E-state index in [1.54, 1.807) is 9.80 Å². The molecule has 0 aliphatic carbocycles. The Morgan fingerprint density at radius 1 is 0.795 bits per heavy atom. The summed E-state index contributed by atoms with van der Waals surface area (Å²) in [6.07, 6.45) is 13.3. The van der Waals surface area contributed by atoms with Gasteiger partial charge in [-0.05, 0) is 37.0 Å². The molecule has 1 aliphatic rings. The Labute approximate surface area is 265 Å². The zero-order chi connectivity index (χ0) is 31.6. The number of nitrogens with zero attached hydrogens (tertiary/aromatic N) is 2. The highest BCUT2D eigenvalue weighted by atomic mass is 16.5. The summed E-state index contributed by atoms with van der Waals surface area (Å²) < 4.78 is 11.2. The minimum atomic E-state index is -0.738. The van der Waals surface area contributed by atoms with Gasteiger partial charge >= 0.3 is 18.0 Å². The lowest BCUT2D eigenvalue weighted by molar-refractivity contribution is -0.152. The lowest BCUT2D eigenvalue weighted by atomic mass is 9.94. The number of fused-ring (bicyclic) bond motifs is 1. The summed E-state index contributed by atoms with van der Waals surface area (Å²) in [6, 6.07) is 16.5. The number of urea groups is 1. The third-order valence-electron chi connectivity index (χ3n) is 8.61. The number of amides is 2. The molecule has 0 aromatic heterocycles. The van der Waals surface area contributed by atoms with Crippen LogP contribution in [0.5, 0.6) is 0 Å². The van der Waals surface area contributed by atoms with Crippen LogP contribution in [-0.4, -0.2) is 53.5 Å². The second-order valence-electron chi connectivity index (χ2n) is 12.0.